The number of piperidine rings is 1. The SMILES string of the molecule is NCC(C(N)=O)(C(N)=O)C1CCNCC1. The lowest BCUT2D eigenvalue weighted by molar-refractivity contribution is -0.143. The molecule has 0 aromatic heterocycles. The molecule has 7 N–H and O–H groups in total. The van der Waals surface area contributed by atoms with Crippen LogP contribution in [0.1, 0.15) is 12.8 Å². The average Bonchev–Trinajstić information content (AvgIpc) is 2.20. The van der Waals surface area contributed by atoms with Gasteiger partial charge in [0.1, 0.15) is 5.41 Å². The molecule has 0 bridgehead atoms. The molecule has 0 aliphatic carbocycles. The molecule has 86 valence electrons. The minimum atomic E-state index is -1.37. The van der Waals surface area contributed by atoms with Crippen molar-refractivity contribution in [3.8, 4) is 0 Å². The standard InChI is InChI=1S/C9H18N4O2/c10-5-9(7(11)14,8(12)15)6-1-3-13-4-2-6/h6,13H,1-5,10H2,(H2,11,14)(H2,12,15). The Labute approximate surface area is 88.5 Å². The summed E-state index contributed by atoms with van der Waals surface area (Å²) in [5.74, 6) is -1.55. The zero-order valence-electron chi connectivity index (χ0n) is 8.66. The quantitative estimate of drug-likeness (QED) is 0.400. The number of carbonyl (C=O) groups excluding carboxylic acids is 2. The first kappa shape index (κ1) is 11.9. The van der Waals surface area contributed by atoms with Gasteiger partial charge in [0, 0.05) is 6.54 Å². The van der Waals surface area contributed by atoms with Crippen LogP contribution >= 0.6 is 0 Å². The molecule has 6 heteroatoms. The van der Waals surface area contributed by atoms with Crippen molar-refractivity contribution in [1.82, 2.24) is 5.32 Å². The summed E-state index contributed by atoms with van der Waals surface area (Å²) in [7, 11) is 0. The second kappa shape index (κ2) is 4.59. The predicted octanol–water partition coefficient (Wildman–Crippen LogP) is -2.10. The number of carbonyl (C=O) groups is 2. The molecule has 1 fully saturated rings. The second-order valence-corrected chi connectivity index (χ2v) is 3.93. The van der Waals surface area contributed by atoms with Gasteiger partial charge >= 0.3 is 0 Å². The molecule has 0 aromatic rings. The summed E-state index contributed by atoms with van der Waals surface area (Å²) in [5.41, 5.74) is 14.7. The van der Waals surface area contributed by atoms with Gasteiger partial charge < -0.3 is 22.5 Å². The van der Waals surface area contributed by atoms with Crippen LogP contribution in [-0.2, 0) is 9.59 Å². The van der Waals surface area contributed by atoms with Crippen molar-refractivity contribution in [3.63, 3.8) is 0 Å². The van der Waals surface area contributed by atoms with Crippen molar-refractivity contribution in [2.24, 2.45) is 28.5 Å². The fraction of sp³-hybridized carbons (Fsp3) is 0.778. The highest BCUT2D eigenvalue weighted by atomic mass is 16.2. The number of hydrogen-bond donors (Lipinski definition) is 4. The molecule has 0 spiro atoms. The Morgan fingerprint density at radius 3 is 2.00 bits per heavy atom. The molecule has 15 heavy (non-hydrogen) atoms. The van der Waals surface area contributed by atoms with Gasteiger partial charge in [-0.1, -0.05) is 0 Å². The van der Waals surface area contributed by atoms with Crippen molar-refractivity contribution >= 4 is 11.8 Å². The van der Waals surface area contributed by atoms with Gasteiger partial charge in [-0.25, -0.2) is 0 Å². The molecule has 0 atom stereocenters. The van der Waals surface area contributed by atoms with Gasteiger partial charge in [0.15, 0.2) is 0 Å². The lowest BCUT2D eigenvalue weighted by Crippen LogP contribution is -2.58. The van der Waals surface area contributed by atoms with E-state index in [9.17, 15) is 9.59 Å². The maximum Gasteiger partial charge on any atom is 0.234 e. The maximum absolute atomic E-state index is 11.4. The highest BCUT2D eigenvalue weighted by molar-refractivity contribution is 6.04. The van der Waals surface area contributed by atoms with Crippen LogP contribution in [-0.4, -0.2) is 31.4 Å². The van der Waals surface area contributed by atoms with Crippen LogP contribution in [0.4, 0.5) is 0 Å². The highest BCUT2D eigenvalue weighted by Gasteiger charge is 2.48. The molecule has 1 aliphatic rings. The van der Waals surface area contributed by atoms with E-state index in [-0.39, 0.29) is 12.5 Å². The van der Waals surface area contributed by atoms with Crippen molar-refractivity contribution in [2.75, 3.05) is 19.6 Å². The van der Waals surface area contributed by atoms with Gasteiger partial charge in [-0.3, -0.25) is 9.59 Å². The summed E-state index contributed by atoms with van der Waals surface area (Å²) in [5, 5.41) is 3.14. The largest absolute Gasteiger partial charge is 0.369 e. The summed E-state index contributed by atoms with van der Waals surface area (Å²) in [6.45, 7) is 1.41. The number of nitrogens with one attached hydrogen (secondary N) is 1. The monoisotopic (exact) mass is 214 g/mol. The molecule has 0 radical (unpaired) electrons. The molecule has 1 heterocycles. The summed E-state index contributed by atoms with van der Waals surface area (Å²) in [6.07, 6.45) is 1.40. The minimum absolute atomic E-state index is 0.109. The van der Waals surface area contributed by atoms with Crippen LogP contribution in [0.3, 0.4) is 0 Å². The first-order chi connectivity index (χ1) is 7.05. The number of primary amides is 2. The Balaban J connectivity index is 2.96. The Kier molecular flexibility index (Phi) is 3.65. The number of amides is 2. The minimum Gasteiger partial charge on any atom is -0.369 e. The zero-order valence-corrected chi connectivity index (χ0v) is 8.66. The normalized spacial score (nSPS) is 18.7. The average molecular weight is 214 g/mol. The third kappa shape index (κ3) is 1.95. The van der Waals surface area contributed by atoms with E-state index in [1.165, 1.54) is 0 Å². The molecule has 1 aliphatic heterocycles. The Bertz CT molecular complexity index is 247. The van der Waals surface area contributed by atoms with Crippen LogP contribution < -0.4 is 22.5 Å². The molecular formula is C9H18N4O2. The van der Waals surface area contributed by atoms with E-state index in [0.29, 0.717) is 12.8 Å². The van der Waals surface area contributed by atoms with E-state index in [1.807, 2.05) is 0 Å². The molecule has 0 aromatic carbocycles. The van der Waals surface area contributed by atoms with Gasteiger partial charge in [0.2, 0.25) is 11.8 Å². The van der Waals surface area contributed by atoms with Gasteiger partial charge in [0.25, 0.3) is 0 Å². The lowest BCUT2D eigenvalue weighted by Gasteiger charge is -2.36. The first-order valence-electron chi connectivity index (χ1n) is 5.06. The van der Waals surface area contributed by atoms with Crippen molar-refractivity contribution in [1.29, 1.82) is 0 Å². The van der Waals surface area contributed by atoms with Gasteiger partial charge in [-0.05, 0) is 31.8 Å². The van der Waals surface area contributed by atoms with E-state index in [4.69, 9.17) is 17.2 Å². The molecular weight excluding hydrogens is 196 g/mol. The number of hydrogen-bond acceptors (Lipinski definition) is 4. The van der Waals surface area contributed by atoms with Crippen molar-refractivity contribution in [2.45, 2.75) is 12.8 Å². The third-order valence-electron chi connectivity index (χ3n) is 3.24. The summed E-state index contributed by atoms with van der Waals surface area (Å²) in [4.78, 5) is 22.8. The number of nitrogens with two attached hydrogens (primary N) is 3. The van der Waals surface area contributed by atoms with E-state index in [2.05, 4.69) is 5.32 Å². The molecule has 0 saturated carbocycles. The fourth-order valence-corrected chi connectivity index (χ4v) is 2.21. The van der Waals surface area contributed by atoms with Gasteiger partial charge in [-0.2, -0.15) is 0 Å². The highest BCUT2D eigenvalue weighted by Crippen LogP contribution is 2.32. The van der Waals surface area contributed by atoms with E-state index < -0.39 is 17.2 Å². The van der Waals surface area contributed by atoms with E-state index in [0.717, 1.165) is 13.1 Å². The molecule has 1 rings (SSSR count). The van der Waals surface area contributed by atoms with Gasteiger partial charge in [-0.15, -0.1) is 0 Å². The van der Waals surface area contributed by atoms with Crippen LogP contribution in [0, 0.1) is 11.3 Å². The van der Waals surface area contributed by atoms with Crippen LogP contribution in [0.25, 0.3) is 0 Å². The van der Waals surface area contributed by atoms with Gasteiger partial charge in [0.05, 0.1) is 0 Å². The second-order valence-electron chi connectivity index (χ2n) is 3.93. The summed E-state index contributed by atoms with van der Waals surface area (Å²) < 4.78 is 0. The molecule has 0 unspecified atom stereocenters. The van der Waals surface area contributed by atoms with E-state index in [1.54, 1.807) is 0 Å². The smallest absolute Gasteiger partial charge is 0.234 e. The third-order valence-corrected chi connectivity index (χ3v) is 3.24. The molecule has 1 saturated heterocycles. The Hall–Kier alpha value is -1.14. The Morgan fingerprint density at radius 1 is 1.20 bits per heavy atom. The Morgan fingerprint density at radius 2 is 1.67 bits per heavy atom. The molecule has 6 nitrogen and oxygen atoms in total. The number of rotatable bonds is 4. The molecule has 2 amide bonds. The van der Waals surface area contributed by atoms with Crippen LogP contribution in [0.15, 0.2) is 0 Å². The first-order valence-corrected chi connectivity index (χ1v) is 5.06. The fourth-order valence-electron chi connectivity index (χ4n) is 2.21. The van der Waals surface area contributed by atoms with Crippen LogP contribution in [0.2, 0.25) is 0 Å². The topological polar surface area (TPSA) is 124 Å². The summed E-state index contributed by atoms with van der Waals surface area (Å²) in [6, 6.07) is 0. The van der Waals surface area contributed by atoms with Crippen LogP contribution in [0.5, 0.6) is 0 Å². The van der Waals surface area contributed by atoms with Crippen molar-refractivity contribution in [3.05, 3.63) is 0 Å². The zero-order chi connectivity index (χ0) is 11.5. The maximum atomic E-state index is 11.4. The summed E-state index contributed by atoms with van der Waals surface area (Å²) >= 11 is 0. The van der Waals surface area contributed by atoms with Crippen molar-refractivity contribution < 1.29 is 9.59 Å². The lowest BCUT2D eigenvalue weighted by atomic mass is 9.70. The van der Waals surface area contributed by atoms with E-state index >= 15 is 0 Å². The predicted molar refractivity (Wildman–Crippen MR) is 55.5 cm³/mol.